The fourth-order valence-corrected chi connectivity index (χ4v) is 2.76. The Balaban J connectivity index is 2.04. The number of furan rings is 1. The van der Waals surface area contributed by atoms with Gasteiger partial charge < -0.3 is 15.3 Å². The average Bonchev–Trinajstić information content (AvgIpc) is 2.82. The Morgan fingerprint density at radius 3 is 2.94 bits per heavy atom. The highest BCUT2D eigenvalue weighted by molar-refractivity contribution is 8.00. The van der Waals surface area contributed by atoms with Crippen LogP contribution in [-0.4, -0.2) is 21.3 Å². The van der Waals surface area contributed by atoms with Gasteiger partial charge in [0.25, 0.3) is 0 Å². The van der Waals surface area contributed by atoms with Crippen LogP contribution in [0.2, 0.25) is 0 Å². The molecule has 17 heavy (non-hydrogen) atoms. The van der Waals surface area contributed by atoms with Gasteiger partial charge in [0.05, 0.1) is 5.75 Å². The van der Waals surface area contributed by atoms with Crippen LogP contribution in [0.5, 0.6) is 0 Å². The van der Waals surface area contributed by atoms with Crippen molar-refractivity contribution in [2.24, 2.45) is 0 Å². The predicted octanol–water partition coefficient (Wildman–Crippen LogP) is 2.01. The lowest BCUT2D eigenvalue weighted by Crippen LogP contribution is -1.94. The summed E-state index contributed by atoms with van der Waals surface area (Å²) < 4.78 is 5.94. The summed E-state index contributed by atoms with van der Waals surface area (Å²) in [5, 5.41) is 16.8. The van der Waals surface area contributed by atoms with Crippen LogP contribution in [0.4, 0.5) is 5.13 Å². The van der Waals surface area contributed by atoms with Crippen molar-refractivity contribution >= 4 is 34.2 Å². The molecule has 90 valence electrons. The van der Waals surface area contributed by atoms with Gasteiger partial charge >= 0.3 is 5.97 Å². The number of aromatic carboxylic acids is 1. The van der Waals surface area contributed by atoms with Gasteiger partial charge in [-0.1, -0.05) is 23.1 Å². The smallest absolute Gasteiger partial charge is 0.372 e. The SMILES string of the molecule is Cc1cc(CSc2nnc(N)s2)oc1C(=O)O. The van der Waals surface area contributed by atoms with E-state index >= 15 is 0 Å². The van der Waals surface area contributed by atoms with Crippen LogP contribution in [0.25, 0.3) is 0 Å². The first-order valence-corrected chi connectivity index (χ1v) is 6.41. The number of thioether (sulfide) groups is 1. The summed E-state index contributed by atoms with van der Waals surface area (Å²) in [5.41, 5.74) is 6.06. The third kappa shape index (κ3) is 2.77. The molecule has 3 N–H and O–H groups in total. The molecule has 0 unspecified atom stereocenters. The molecule has 2 heterocycles. The zero-order valence-corrected chi connectivity index (χ0v) is 10.5. The molecule has 2 aromatic rings. The maximum absolute atomic E-state index is 10.8. The Morgan fingerprint density at radius 2 is 2.41 bits per heavy atom. The Morgan fingerprint density at radius 1 is 1.65 bits per heavy atom. The molecule has 0 bridgehead atoms. The van der Waals surface area contributed by atoms with Gasteiger partial charge in [0.1, 0.15) is 5.76 Å². The van der Waals surface area contributed by atoms with E-state index in [9.17, 15) is 4.79 Å². The van der Waals surface area contributed by atoms with E-state index in [0.29, 0.717) is 22.2 Å². The number of aryl methyl sites for hydroxylation is 1. The number of carboxylic acids is 1. The molecule has 0 fully saturated rings. The highest BCUT2D eigenvalue weighted by Crippen LogP contribution is 2.28. The van der Waals surface area contributed by atoms with Gasteiger partial charge in [0, 0.05) is 5.56 Å². The molecule has 6 nitrogen and oxygen atoms in total. The monoisotopic (exact) mass is 271 g/mol. The van der Waals surface area contributed by atoms with E-state index in [0.717, 1.165) is 4.34 Å². The standard InChI is InChI=1S/C9H9N3O3S2/c1-4-2-5(15-6(4)7(13)14)3-16-9-12-11-8(10)17-9/h2H,3H2,1H3,(H2,10,11)(H,13,14). The van der Waals surface area contributed by atoms with Crippen LogP contribution >= 0.6 is 23.1 Å². The second kappa shape index (κ2) is 4.76. The maximum atomic E-state index is 10.8. The molecule has 0 aliphatic heterocycles. The van der Waals surface area contributed by atoms with E-state index in [-0.39, 0.29) is 5.76 Å². The fraction of sp³-hybridized carbons (Fsp3) is 0.222. The van der Waals surface area contributed by atoms with Crippen LogP contribution in [0.1, 0.15) is 21.9 Å². The molecule has 0 radical (unpaired) electrons. The van der Waals surface area contributed by atoms with Crippen LogP contribution in [-0.2, 0) is 5.75 Å². The number of nitrogen functional groups attached to an aromatic ring is 1. The van der Waals surface area contributed by atoms with Crippen molar-refractivity contribution in [3.8, 4) is 0 Å². The van der Waals surface area contributed by atoms with Gasteiger partial charge in [-0.05, 0) is 13.0 Å². The molecule has 8 heteroatoms. The average molecular weight is 271 g/mol. The molecular weight excluding hydrogens is 262 g/mol. The summed E-state index contributed by atoms with van der Waals surface area (Å²) in [6, 6.07) is 1.71. The lowest BCUT2D eigenvalue weighted by molar-refractivity contribution is 0.0659. The molecule has 2 aromatic heterocycles. The zero-order valence-electron chi connectivity index (χ0n) is 8.84. The lowest BCUT2D eigenvalue weighted by atomic mass is 10.3. The van der Waals surface area contributed by atoms with E-state index < -0.39 is 5.97 Å². The minimum absolute atomic E-state index is 0.0163. The maximum Gasteiger partial charge on any atom is 0.372 e. The number of hydrogen-bond acceptors (Lipinski definition) is 7. The van der Waals surface area contributed by atoms with E-state index in [1.165, 1.54) is 23.1 Å². The molecule has 0 saturated heterocycles. The minimum atomic E-state index is -1.06. The number of nitrogens with two attached hydrogens (primary N) is 1. The van der Waals surface area contributed by atoms with E-state index in [2.05, 4.69) is 10.2 Å². The van der Waals surface area contributed by atoms with E-state index in [1.54, 1.807) is 13.0 Å². The predicted molar refractivity (Wildman–Crippen MR) is 64.3 cm³/mol. The number of aromatic nitrogens is 2. The second-order valence-corrected chi connectivity index (χ2v) is 5.46. The minimum Gasteiger partial charge on any atom is -0.475 e. The summed E-state index contributed by atoms with van der Waals surface area (Å²) in [5.74, 6) is 0.0258. The molecule has 0 amide bonds. The first kappa shape index (κ1) is 11.9. The molecule has 0 aliphatic carbocycles. The van der Waals surface area contributed by atoms with E-state index in [1.807, 2.05) is 0 Å². The lowest BCUT2D eigenvalue weighted by Gasteiger charge is -1.92. The van der Waals surface area contributed by atoms with Crippen molar-refractivity contribution in [1.82, 2.24) is 10.2 Å². The van der Waals surface area contributed by atoms with Crippen LogP contribution in [0.15, 0.2) is 14.8 Å². The van der Waals surface area contributed by atoms with Gasteiger partial charge in [-0.25, -0.2) is 4.79 Å². The fourth-order valence-electron chi connectivity index (χ4n) is 1.24. The topological polar surface area (TPSA) is 102 Å². The normalized spacial score (nSPS) is 10.6. The van der Waals surface area contributed by atoms with Gasteiger partial charge in [0.2, 0.25) is 10.9 Å². The van der Waals surface area contributed by atoms with Gasteiger partial charge in [-0.15, -0.1) is 10.2 Å². The summed E-state index contributed by atoms with van der Waals surface area (Å²) in [4.78, 5) is 10.8. The van der Waals surface area contributed by atoms with Crippen molar-refractivity contribution in [2.75, 3.05) is 5.73 Å². The Bertz CT molecular complexity index is 549. The van der Waals surface area contributed by atoms with Crippen LogP contribution in [0, 0.1) is 6.92 Å². The molecule has 0 atom stereocenters. The first-order valence-electron chi connectivity index (χ1n) is 4.60. The first-order chi connectivity index (χ1) is 8.06. The summed E-state index contributed by atoms with van der Waals surface area (Å²) in [7, 11) is 0. The van der Waals surface area contributed by atoms with Crippen molar-refractivity contribution in [3.63, 3.8) is 0 Å². The largest absolute Gasteiger partial charge is 0.475 e. The number of carbonyl (C=O) groups is 1. The number of rotatable bonds is 4. The molecule has 0 spiro atoms. The number of hydrogen-bond donors (Lipinski definition) is 2. The number of anilines is 1. The van der Waals surface area contributed by atoms with Crippen molar-refractivity contribution in [2.45, 2.75) is 17.0 Å². The highest BCUT2D eigenvalue weighted by atomic mass is 32.2. The zero-order chi connectivity index (χ0) is 12.4. The molecule has 0 saturated carbocycles. The molecule has 2 rings (SSSR count). The second-order valence-electron chi connectivity index (χ2n) is 3.22. The summed E-state index contributed by atoms with van der Waals surface area (Å²) in [6.45, 7) is 1.70. The molecule has 0 aromatic carbocycles. The summed E-state index contributed by atoms with van der Waals surface area (Å²) in [6.07, 6.45) is 0. The van der Waals surface area contributed by atoms with E-state index in [4.69, 9.17) is 15.3 Å². The molecular formula is C9H9N3O3S2. The van der Waals surface area contributed by atoms with Crippen LogP contribution in [0.3, 0.4) is 0 Å². The highest BCUT2D eigenvalue weighted by Gasteiger charge is 2.14. The van der Waals surface area contributed by atoms with Gasteiger partial charge in [0.15, 0.2) is 4.34 Å². The Labute approximate surface area is 105 Å². The van der Waals surface area contributed by atoms with Crippen LogP contribution < -0.4 is 5.73 Å². The number of nitrogens with zero attached hydrogens (tertiary/aromatic N) is 2. The van der Waals surface area contributed by atoms with Gasteiger partial charge in [-0.3, -0.25) is 0 Å². The Hall–Kier alpha value is -1.54. The third-order valence-corrected chi connectivity index (χ3v) is 3.83. The Kier molecular flexibility index (Phi) is 3.34. The van der Waals surface area contributed by atoms with Crippen molar-refractivity contribution in [1.29, 1.82) is 0 Å². The van der Waals surface area contributed by atoms with Crippen molar-refractivity contribution in [3.05, 3.63) is 23.2 Å². The summed E-state index contributed by atoms with van der Waals surface area (Å²) >= 11 is 2.69. The van der Waals surface area contributed by atoms with Gasteiger partial charge in [-0.2, -0.15) is 0 Å². The van der Waals surface area contributed by atoms with Crippen molar-refractivity contribution < 1.29 is 14.3 Å². The third-order valence-electron chi connectivity index (χ3n) is 1.92. The number of carboxylic acid groups (broad SMARTS) is 1. The quantitative estimate of drug-likeness (QED) is 0.820. The molecule has 0 aliphatic rings.